The number of nitrogens with one attached hydrogen (secondary N) is 1. The van der Waals surface area contributed by atoms with Gasteiger partial charge in [-0.15, -0.1) is 0 Å². The van der Waals surface area contributed by atoms with E-state index in [1.165, 1.54) is 6.92 Å². The van der Waals surface area contributed by atoms with E-state index in [0.717, 1.165) is 17.7 Å². The SMILES string of the molecule is CC(=O)c1cccc(NC(=O)c2cccc(C(=O)N3CCc4ccccc43)c2)c1. The van der Waals surface area contributed by atoms with Gasteiger partial charge in [-0.05, 0) is 55.3 Å². The molecule has 0 aliphatic carbocycles. The number of hydrogen-bond acceptors (Lipinski definition) is 3. The zero-order chi connectivity index (χ0) is 20.4. The Kier molecular flexibility index (Phi) is 4.96. The minimum atomic E-state index is -0.331. The minimum absolute atomic E-state index is 0.0698. The van der Waals surface area contributed by atoms with Crippen LogP contribution in [0, 0.1) is 0 Å². The summed E-state index contributed by atoms with van der Waals surface area (Å²) in [5, 5.41) is 2.79. The van der Waals surface area contributed by atoms with Gasteiger partial charge in [0.2, 0.25) is 0 Å². The Morgan fingerprint density at radius 3 is 2.38 bits per heavy atom. The van der Waals surface area contributed by atoms with Gasteiger partial charge in [0.25, 0.3) is 11.8 Å². The number of carbonyl (C=O) groups is 3. The summed E-state index contributed by atoms with van der Waals surface area (Å²) in [7, 11) is 0. The molecule has 29 heavy (non-hydrogen) atoms. The second-order valence-corrected chi connectivity index (χ2v) is 7.01. The molecule has 1 aliphatic rings. The first-order chi connectivity index (χ1) is 14.0. The van der Waals surface area contributed by atoms with Crippen LogP contribution in [0.4, 0.5) is 11.4 Å². The monoisotopic (exact) mass is 384 g/mol. The first-order valence-corrected chi connectivity index (χ1v) is 9.45. The normalized spacial score (nSPS) is 12.4. The molecule has 0 spiro atoms. The van der Waals surface area contributed by atoms with Crippen LogP contribution in [-0.4, -0.2) is 24.1 Å². The Balaban J connectivity index is 1.54. The lowest BCUT2D eigenvalue weighted by atomic mass is 10.1. The third-order valence-electron chi connectivity index (χ3n) is 5.03. The van der Waals surface area contributed by atoms with Crippen LogP contribution in [0.15, 0.2) is 72.8 Å². The van der Waals surface area contributed by atoms with Crippen LogP contribution in [0.25, 0.3) is 0 Å². The fourth-order valence-electron chi connectivity index (χ4n) is 3.52. The highest BCUT2D eigenvalue weighted by molar-refractivity contribution is 6.10. The summed E-state index contributed by atoms with van der Waals surface area (Å²) in [5.41, 5.74) is 3.99. The van der Waals surface area contributed by atoms with Gasteiger partial charge >= 0.3 is 0 Å². The van der Waals surface area contributed by atoms with Crippen molar-refractivity contribution in [1.29, 1.82) is 0 Å². The Hall–Kier alpha value is -3.73. The largest absolute Gasteiger partial charge is 0.322 e. The summed E-state index contributed by atoms with van der Waals surface area (Å²) in [6.07, 6.45) is 0.828. The Bertz CT molecular complexity index is 1120. The summed E-state index contributed by atoms with van der Waals surface area (Å²) in [6, 6.07) is 21.3. The van der Waals surface area contributed by atoms with Gasteiger partial charge in [-0.2, -0.15) is 0 Å². The molecule has 1 N–H and O–H groups in total. The molecular formula is C24H20N2O3. The number of para-hydroxylation sites is 1. The number of ketones is 1. The first kappa shape index (κ1) is 18.6. The van der Waals surface area contributed by atoms with Gasteiger partial charge in [-0.25, -0.2) is 0 Å². The molecule has 0 unspecified atom stereocenters. The highest BCUT2D eigenvalue weighted by Crippen LogP contribution is 2.29. The molecule has 144 valence electrons. The quantitative estimate of drug-likeness (QED) is 0.680. The fourth-order valence-corrected chi connectivity index (χ4v) is 3.52. The molecule has 3 aromatic rings. The molecule has 4 rings (SSSR count). The van der Waals surface area contributed by atoms with Crippen LogP contribution in [-0.2, 0) is 6.42 Å². The van der Waals surface area contributed by atoms with Crippen LogP contribution in [0.2, 0.25) is 0 Å². The summed E-state index contributed by atoms with van der Waals surface area (Å²) >= 11 is 0. The van der Waals surface area contributed by atoms with Crippen molar-refractivity contribution in [3.05, 3.63) is 95.1 Å². The molecule has 0 radical (unpaired) electrons. The number of benzene rings is 3. The van der Waals surface area contributed by atoms with Crippen molar-refractivity contribution in [2.24, 2.45) is 0 Å². The highest BCUT2D eigenvalue weighted by atomic mass is 16.2. The molecule has 5 nitrogen and oxygen atoms in total. The number of nitrogens with zero attached hydrogens (tertiary/aromatic N) is 1. The van der Waals surface area contributed by atoms with E-state index in [1.807, 2.05) is 24.3 Å². The summed E-state index contributed by atoms with van der Waals surface area (Å²) < 4.78 is 0. The molecule has 0 saturated carbocycles. The number of amides is 2. The maximum atomic E-state index is 13.0. The topological polar surface area (TPSA) is 66.5 Å². The zero-order valence-corrected chi connectivity index (χ0v) is 16.0. The minimum Gasteiger partial charge on any atom is -0.322 e. The Labute approximate surface area is 169 Å². The van der Waals surface area contributed by atoms with Crippen molar-refractivity contribution in [1.82, 2.24) is 0 Å². The standard InChI is InChI=1S/C24H20N2O3/c1-16(27)18-7-5-10-21(15-18)25-23(28)19-8-4-9-20(14-19)24(29)26-13-12-17-6-2-3-11-22(17)26/h2-11,14-15H,12-13H2,1H3,(H,25,28). The van der Waals surface area contributed by atoms with Gasteiger partial charge in [0, 0.05) is 34.6 Å². The number of hydrogen-bond donors (Lipinski definition) is 1. The highest BCUT2D eigenvalue weighted by Gasteiger charge is 2.25. The summed E-state index contributed by atoms with van der Waals surface area (Å²) in [5.74, 6) is -0.523. The van der Waals surface area contributed by atoms with Gasteiger partial charge in [-0.3, -0.25) is 14.4 Å². The number of anilines is 2. The average molecular weight is 384 g/mol. The van der Waals surface area contributed by atoms with Crippen LogP contribution in [0.3, 0.4) is 0 Å². The van der Waals surface area contributed by atoms with Crippen molar-refractivity contribution >= 4 is 29.0 Å². The third-order valence-corrected chi connectivity index (χ3v) is 5.03. The smallest absolute Gasteiger partial charge is 0.258 e. The molecule has 5 heteroatoms. The molecule has 3 aromatic carbocycles. The average Bonchev–Trinajstić information content (AvgIpc) is 3.17. The third kappa shape index (κ3) is 3.80. The number of carbonyl (C=O) groups excluding carboxylic acids is 3. The van der Waals surface area contributed by atoms with Crippen molar-refractivity contribution in [3.8, 4) is 0 Å². The molecule has 0 bridgehead atoms. The van der Waals surface area contributed by atoms with E-state index in [9.17, 15) is 14.4 Å². The maximum absolute atomic E-state index is 13.0. The van der Waals surface area contributed by atoms with E-state index in [2.05, 4.69) is 5.32 Å². The van der Waals surface area contributed by atoms with Crippen LogP contribution in [0.1, 0.15) is 43.6 Å². The number of rotatable bonds is 4. The first-order valence-electron chi connectivity index (χ1n) is 9.45. The Morgan fingerprint density at radius 1 is 0.828 bits per heavy atom. The van der Waals surface area contributed by atoms with Crippen LogP contribution < -0.4 is 10.2 Å². The van der Waals surface area contributed by atoms with Gasteiger partial charge in [0.15, 0.2) is 5.78 Å². The molecule has 0 saturated heterocycles. The van der Waals surface area contributed by atoms with Crippen LogP contribution >= 0.6 is 0 Å². The Morgan fingerprint density at radius 2 is 1.55 bits per heavy atom. The van der Waals surface area contributed by atoms with E-state index in [0.29, 0.717) is 28.9 Å². The van der Waals surface area contributed by atoms with Gasteiger partial charge in [0.1, 0.15) is 0 Å². The van der Waals surface area contributed by atoms with E-state index in [4.69, 9.17) is 0 Å². The van der Waals surface area contributed by atoms with Crippen molar-refractivity contribution in [3.63, 3.8) is 0 Å². The van der Waals surface area contributed by atoms with Gasteiger partial charge < -0.3 is 10.2 Å². The van der Waals surface area contributed by atoms with Crippen LogP contribution in [0.5, 0.6) is 0 Å². The molecule has 1 heterocycles. The molecule has 1 aliphatic heterocycles. The second-order valence-electron chi connectivity index (χ2n) is 7.01. The van der Waals surface area contributed by atoms with Gasteiger partial charge in [0.05, 0.1) is 0 Å². The molecular weight excluding hydrogens is 364 g/mol. The van der Waals surface area contributed by atoms with Gasteiger partial charge in [-0.1, -0.05) is 36.4 Å². The predicted octanol–water partition coefficient (Wildman–Crippen LogP) is 4.34. The lowest BCUT2D eigenvalue weighted by Crippen LogP contribution is -2.29. The maximum Gasteiger partial charge on any atom is 0.258 e. The number of Topliss-reactive ketones (excluding diaryl/α,β-unsaturated/α-hetero) is 1. The molecule has 0 atom stereocenters. The molecule has 0 fully saturated rings. The summed E-state index contributed by atoms with van der Waals surface area (Å²) in [4.78, 5) is 39.0. The molecule has 0 aromatic heterocycles. The van der Waals surface area contributed by atoms with Crippen molar-refractivity contribution in [2.45, 2.75) is 13.3 Å². The number of fused-ring (bicyclic) bond motifs is 1. The zero-order valence-electron chi connectivity index (χ0n) is 16.0. The fraction of sp³-hybridized carbons (Fsp3) is 0.125. The lowest BCUT2D eigenvalue weighted by molar-refractivity contribution is 0.0986. The predicted molar refractivity (Wildman–Crippen MR) is 113 cm³/mol. The van der Waals surface area contributed by atoms with Crippen molar-refractivity contribution in [2.75, 3.05) is 16.8 Å². The lowest BCUT2D eigenvalue weighted by Gasteiger charge is -2.17. The molecule has 2 amide bonds. The van der Waals surface area contributed by atoms with E-state index in [1.54, 1.807) is 53.4 Å². The second kappa shape index (κ2) is 7.72. The summed E-state index contributed by atoms with van der Waals surface area (Å²) in [6.45, 7) is 2.11. The van der Waals surface area contributed by atoms with E-state index >= 15 is 0 Å². The van der Waals surface area contributed by atoms with E-state index < -0.39 is 0 Å². The van der Waals surface area contributed by atoms with Crippen molar-refractivity contribution < 1.29 is 14.4 Å². The van der Waals surface area contributed by atoms with E-state index in [-0.39, 0.29) is 17.6 Å².